The number of aromatic amines is 1. The lowest BCUT2D eigenvalue weighted by atomic mass is 10.2. The van der Waals surface area contributed by atoms with E-state index in [1.807, 2.05) is 23.2 Å². The van der Waals surface area contributed by atoms with Gasteiger partial charge in [-0.15, -0.1) is 0 Å². The third kappa shape index (κ3) is 2.00. The zero-order chi connectivity index (χ0) is 9.97. The first-order valence-electron chi connectivity index (χ1n) is 4.75. The maximum atomic E-state index is 11.6. The average Bonchev–Trinajstić information content (AvgIpc) is 2.78. The molecule has 76 valence electrons. The van der Waals surface area contributed by atoms with E-state index in [2.05, 4.69) is 20.9 Å². The van der Waals surface area contributed by atoms with Crippen LogP contribution in [-0.2, 0) is 11.3 Å². The molecule has 0 aromatic carbocycles. The molecule has 1 aliphatic heterocycles. The van der Waals surface area contributed by atoms with E-state index in [-0.39, 0.29) is 5.91 Å². The molecule has 0 aliphatic carbocycles. The minimum Gasteiger partial charge on any atom is -0.364 e. The Morgan fingerprint density at radius 1 is 1.64 bits per heavy atom. The van der Waals surface area contributed by atoms with Gasteiger partial charge < -0.3 is 9.88 Å². The van der Waals surface area contributed by atoms with E-state index in [1.165, 1.54) is 0 Å². The molecule has 1 amide bonds. The Bertz CT molecular complexity index is 310. The smallest absolute Gasteiger partial charge is 0.223 e. The van der Waals surface area contributed by atoms with Crippen LogP contribution >= 0.6 is 15.9 Å². The van der Waals surface area contributed by atoms with E-state index in [0.29, 0.717) is 12.3 Å². The van der Waals surface area contributed by atoms with Crippen LogP contribution in [0.5, 0.6) is 0 Å². The SMILES string of the molecule is O=C1CC(CBr)CN1Cc1ccc[nH]1. The molecule has 1 saturated heterocycles. The third-order valence-corrected chi connectivity index (χ3v) is 3.45. The molecule has 2 rings (SSSR count). The molecule has 1 aromatic heterocycles. The van der Waals surface area contributed by atoms with E-state index in [4.69, 9.17) is 0 Å². The molecule has 1 aliphatic rings. The highest BCUT2D eigenvalue weighted by Gasteiger charge is 2.28. The Kier molecular flexibility index (Phi) is 2.91. The number of hydrogen-bond acceptors (Lipinski definition) is 1. The summed E-state index contributed by atoms with van der Waals surface area (Å²) in [5.74, 6) is 0.751. The summed E-state index contributed by atoms with van der Waals surface area (Å²) in [6.45, 7) is 1.60. The Hall–Kier alpha value is -0.770. The third-order valence-electron chi connectivity index (χ3n) is 2.54. The summed E-state index contributed by atoms with van der Waals surface area (Å²) >= 11 is 3.42. The zero-order valence-electron chi connectivity index (χ0n) is 7.87. The predicted molar refractivity (Wildman–Crippen MR) is 58.1 cm³/mol. The predicted octanol–water partition coefficient (Wildman–Crippen LogP) is 1.76. The molecule has 1 fully saturated rings. The number of amides is 1. The van der Waals surface area contributed by atoms with Gasteiger partial charge in [0.1, 0.15) is 0 Å². The lowest BCUT2D eigenvalue weighted by Crippen LogP contribution is -2.24. The lowest BCUT2D eigenvalue weighted by molar-refractivity contribution is -0.128. The number of likely N-dealkylation sites (tertiary alicyclic amines) is 1. The molecule has 1 aromatic rings. The van der Waals surface area contributed by atoms with Crippen LogP contribution in [0.25, 0.3) is 0 Å². The quantitative estimate of drug-likeness (QED) is 0.823. The summed E-state index contributed by atoms with van der Waals surface area (Å²) in [6, 6.07) is 3.96. The largest absolute Gasteiger partial charge is 0.364 e. The van der Waals surface area contributed by atoms with Crippen molar-refractivity contribution in [2.75, 3.05) is 11.9 Å². The fourth-order valence-corrected chi connectivity index (χ4v) is 2.22. The minimum absolute atomic E-state index is 0.268. The molecule has 2 heterocycles. The molecule has 0 radical (unpaired) electrons. The summed E-state index contributed by atoms with van der Waals surface area (Å²) in [7, 11) is 0. The van der Waals surface area contributed by atoms with Gasteiger partial charge in [-0.25, -0.2) is 0 Å². The first-order chi connectivity index (χ1) is 6.79. The Morgan fingerprint density at radius 3 is 3.07 bits per heavy atom. The molecule has 3 nitrogen and oxygen atoms in total. The first kappa shape index (κ1) is 9.77. The number of nitrogens with zero attached hydrogens (tertiary/aromatic N) is 1. The summed E-state index contributed by atoms with van der Waals surface area (Å²) in [4.78, 5) is 16.6. The van der Waals surface area contributed by atoms with Crippen molar-refractivity contribution in [3.63, 3.8) is 0 Å². The number of carbonyl (C=O) groups excluding carboxylic acids is 1. The van der Waals surface area contributed by atoms with Crippen LogP contribution in [0.15, 0.2) is 18.3 Å². The molecule has 14 heavy (non-hydrogen) atoms. The zero-order valence-corrected chi connectivity index (χ0v) is 9.46. The number of aromatic nitrogens is 1. The molecule has 0 spiro atoms. The molecule has 0 bridgehead atoms. The number of alkyl halides is 1. The van der Waals surface area contributed by atoms with Crippen LogP contribution in [0.2, 0.25) is 0 Å². The number of halogens is 1. The van der Waals surface area contributed by atoms with Crippen molar-refractivity contribution in [2.24, 2.45) is 5.92 Å². The summed E-state index contributed by atoms with van der Waals surface area (Å²) in [5, 5.41) is 0.917. The highest BCUT2D eigenvalue weighted by atomic mass is 79.9. The number of rotatable bonds is 3. The minimum atomic E-state index is 0.268. The van der Waals surface area contributed by atoms with Crippen molar-refractivity contribution >= 4 is 21.8 Å². The number of H-pyrrole nitrogens is 1. The highest BCUT2D eigenvalue weighted by Crippen LogP contribution is 2.20. The number of carbonyl (C=O) groups is 1. The van der Waals surface area contributed by atoms with Crippen molar-refractivity contribution < 1.29 is 4.79 Å². The number of nitrogens with one attached hydrogen (secondary N) is 1. The molecule has 0 saturated carbocycles. The lowest BCUT2D eigenvalue weighted by Gasteiger charge is -2.14. The van der Waals surface area contributed by atoms with Crippen LogP contribution in [0.1, 0.15) is 12.1 Å². The van der Waals surface area contributed by atoms with E-state index >= 15 is 0 Å². The van der Waals surface area contributed by atoms with E-state index in [9.17, 15) is 4.79 Å². The molecule has 1 N–H and O–H groups in total. The van der Waals surface area contributed by atoms with Gasteiger partial charge in [0, 0.05) is 30.2 Å². The van der Waals surface area contributed by atoms with E-state index < -0.39 is 0 Å². The van der Waals surface area contributed by atoms with Crippen molar-refractivity contribution in [2.45, 2.75) is 13.0 Å². The molecular formula is C10H13BrN2O. The van der Waals surface area contributed by atoms with Gasteiger partial charge in [-0.2, -0.15) is 0 Å². The maximum Gasteiger partial charge on any atom is 0.223 e. The van der Waals surface area contributed by atoms with Crippen LogP contribution in [0.3, 0.4) is 0 Å². The van der Waals surface area contributed by atoms with Crippen molar-refractivity contribution in [1.82, 2.24) is 9.88 Å². The standard InChI is InChI=1S/C10H13BrN2O/c11-5-8-4-10(14)13(6-8)7-9-2-1-3-12-9/h1-3,8,12H,4-7H2. The van der Waals surface area contributed by atoms with Crippen LogP contribution in [-0.4, -0.2) is 27.7 Å². The number of hydrogen-bond donors (Lipinski definition) is 1. The summed E-state index contributed by atoms with van der Waals surface area (Å²) in [5.41, 5.74) is 1.11. The second kappa shape index (κ2) is 4.17. The summed E-state index contributed by atoms with van der Waals surface area (Å²) < 4.78 is 0. The van der Waals surface area contributed by atoms with Gasteiger partial charge in [-0.3, -0.25) is 4.79 Å². The van der Waals surface area contributed by atoms with E-state index in [1.54, 1.807) is 0 Å². The molecule has 4 heteroatoms. The van der Waals surface area contributed by atoms with Gasteiger partial charge in [0.25, 0.3) is 0 Å². The molecule has 1 atom stereocenters. The van der Waals surface area contributed by atoms with Crippen LogP contribution in [0.4, 0.5) is 0 Å². The maximum absolute atomic E-state index is 11.6. The van der Waals surface area contributed by atoms with Gasteiger partial charge in [0.2, 0.25) is 5.91 Å². The second-order valence-corrected chi connectivity index (χ2v) is 4.34. The monoisotopic (exact) mass is 256 g/mol. The Labute approximate surface area is 91.6 Å². The van der Waals surface area contributed by atoms with Gasteiger partial charge in [-0.05, 0) is 18.1 Å². The molecule has 1 unspecified atom stereocenters. The molecular weight excluding hydrogens is 244 g/mol. The van der Waals surface area contributed by atoms with Crippen molar-refractivity contribution in [3.05, 3.63) is 24.0 Å². The van der Waals surface area contributed by atoms with Crippen molar-refractivity contribution in [1.29, 1.82) is 0 Å². The fourth-order valence-electron chi connectivity index (χ4n) is 1.78. The first-order valence-corrected chi connectivity index (χ1v) is 5.87. The van der Waals surface area contributed by atoms with Gasteiger partial charge >= 0.3 is 0 Å². The average molecular weight is 257 g/mol. The highest BCUT2D eigenvalue weighted by molar-refractivity contribution is 9.09. The van der Waals surface area contributed by atoms with Gasteiger partial charge in [-0.1, -0.05) is 15.9 Å². The van der Waals surface area contributed by atoms with Crippen molar-refractivity contribution in [3.8, 4) is 0 Å². The fraction of sp³-hybridized carbons (Fsp3) is 0.500. The van der Waals surface area contributed by atoms with E-state index in [0.717, 1.165) is 24.1 Å². The Morgan fingerprint density at radius 2 is 2.50 bits per heavy atom. The second-order valence-electron chi connectivity index (χ2n) is 3.69. The van der Waals surface area contributed by atoms with Crippen LogP contribution < -0.4 is 0 Å². The van der Waals surface area contributed by atoms with Crippen LogP contribution in [0, 0.1) is 5.92 Å². The normalized spacial score (nSPS) is 21.9. The topological polar surface area (TPSA) is 36.1 Å². The van der Waals surface area contributed by atoms with Gasteiger partial charge in [0.15, 0.2) is 0 Å². The summed E-state index contributed by atoms with van der Waals surface area (Å²) in [6.07, 6.45) is 2.57. The van der Waals surface area contributed by atoms with Gasteiger partial charge in [0.05, 0.1) is 6.54 Å². The Balaban J connectivity index is 1.96.